The molecule has 0 bridgehead atoms. The highest BCUT2D eigenvalue weighted by atomic mass is 16.3. The number of aliphatic hydroxyl groups is 1. The average molecular weight is 338 g/mol. The second kappa shape index (κ2) is 6.15. The van der Waals surface area contributed by atoms with Gasteiger partial charge in [0.2, 0.25) is 11.8 Å². The molecule has 2 amide bonds. The molecule has 0 heterocycles. The van der Waals surface area contributed by atoms with E-state index in [0.717, 1.165) is 36.8 Å². The number of nitrogens with one attached hydrogen (secondary N) is 2. The van der Waals surface area contributed by atoms with Crippen LogP contribution in [-0.2, 0) is 22.4 Å². The van der Waals surface area contributed by atoms with E-state index in [4.69, 9.17) is 0 Å². The fourth-order valence-corrected chi connectivity index (χ4v) is 3.59. The Morgan fingerprint density at radius 1 is 1.12 bits per heavy atom. The molecule has 2 unspecified atom stereocenters. The summed E-state index contributed by atoms with van der Waals surface area (Å²) in [5.41, 5.74) is 3.33. The van der Waals surface area contributed by atoms with Crippen LogP contribution >= 0.6 is 0 Å². The zero-order chi connectivity index (χ0) is 17.6. The van der Waals surface area contributed by atoms with E-state index in [9.17, 15) is 14.7 Å². The minimum absolute atomic E-state index is 0.00849. The number of carbonyl (C=O) groups is 2. The topological polar surface area (TPSA) is 78.4 Å². The monoisotopic (exact) mass is 338 g/mol. The number of aliphatic hydroxyl groups excluding tert-OH is 1. The number of amides is 2. The minimum Gasteiger partial charge on any atom is -0.391 e. The first-order valence-electron chi connectivity index (χ1n) is 8.87. The van der Waals surface area contributed by atoms with E-state index in [0.29, 0.717) is 0 Å². The Bertz CT molecular complexity index is 845. The standard InChI is InChI=1S/C20H22N2O3/c1-11(23)18(22-19(24)14-7-8-14)20(25)21-16-10-9-13-6-5-12-3-2-4-15(16)17(12)13/h2-4,9-11,14,18,23H,5-8H2,1H3,(H,21,25)(H,22,24). The van der Waals surface area contributed by atoms with Crippen molar-refractivity contribution in [3.05, 3.63) is 41.5 Å². The summed E-state index contributed by atoms with van der Waals surface area (Å²) in [4.78, 5) is 24.7. The van der Waals surface area contributed by atoms with Gasteiger partial charge in [0.15, 0.2) is 0 Å². The highest BCUT2D eigenvalue weighted by Crippen LogP contribution is 2.35. The average Bonchev–Trinajstić information content (AvgIpc) is 3.36. The fraction of sp³-hybridized carbons (Fsp3) is 0.400. The van der Waals surface area contributed by atoms with Gasteiger partial charge >= 0.3 is 0 Å². The quantitative estimate of drug-likeness (QED) is 0.782. The van der Waals surface area contributed by atoms with Crippen molar-refractivity contribution in [1.29, 1.82) is 0 Å². The van der Waals surface area contributed by atoms with Crippen molar-refractivity contribution in [2.75, 3.05) is 5.32 Å². The van der Waals surface area contributed by atoms with E-state index in [-0.39, 0.29) is 17.7 Å². The fourth-order valence-electron chi connectivity index (χ4n) is 3.59. The number of hydrogen-bond acceptors (Lipinski definition) is 3. The van der Waals surface area contributed by atoms with Crippen molar-refractivity contribution < 1.29 is 14.7 Å². The summed E-state index contributed by atoms with van der Waals surface area (Å²) in [5.74, 6) is -0.546. The smallest absolute Gasteiger partial charge is 0.249 e. The second-order valence-electron chi connectivity index (χ2n) is 7.10. The molecule has 1 fully saturated rings. The van der Waals surface area contributed by atoms with Gasteiger partial charge in [-0.05, 0) is 55.2 Å². The molecule has 2 aliphatic carbocycles. The van der Waals surface area contributed by atoms with Gasteiger partial charge in [-0.2, -0.15) is 0 Å². The maximum Gasteiger partial charge on any atom is 0.249 e. The number of carbonyl (C=O) groups excluding carboxylic acids is 2. The summed E-state index contributed by atoms with van der Waals surface area (Å²) in [7, 11) is 0. The molecule has 2 atom stereocenters. The molecule has 0 aliphatic heterocycles. The van der Waals surface area contributed by atoms with Crippen LogP contribution in [0, 0.1) is 5.92 Å². The maximum atomic E-state index is 12.7. The first-order valence-corrected chi connectivity index (χ1v) is 8.87. The van der Waals surface area contributed by atoms with Crippen LogP contribution in [0.4, 0.5) is 5.69 Å². The Morgan fingerprint density at radius 3 is 2.52 bits per heavy atom. The van der Waals surface area contributed by atoms with E-state index in [1.165, 1.54) is 23.4 Å². The summed E-state index contributed by atoms with van der Waals surface area (Å²) < 4.78 is 0. The highest BCUT2D eigenvalue weighted by molar-refractivity contribution is 6.07. The molecule has 2 aromatic carbocycles. The molecule has 4 rings (SSSR count). The third kappa shape index (κ3) is 3.00. The number of hydrogen-bond donors (Lipinski definition) is 3. The molecule has 3 N–H and O–H groups in total. The number of aryl methyl sites for hydroxylation is 2. The third-order valence-electron chi connectivity index (χ3n) is 5.15. The van der Waals surface area contributed by atoms with Crippen LogP contribution in [0.2, 0.25) is 0 Å². The van der Waals surface area contributed by atoms with Crippen molar-refractivity contribution in [2.45, 2.75) is 44.8 Å². The molecule has 2 aliphatic rings. The van der Waals surface area contributed by atoms with Gasteiger partial charge in [0.1, 0.15) is 6.04 Å². The predicted molar refractivity (Wildman–Crippen MR) is 96.3 cm³/mol. The molecule has 0 radical (unpaired) electrons. The first-order chi connectivity index (χ1) is 12.0. The lowest BCUT2D eigenvalue weighted by molar-refractivity contribution is -0.129. The Hall–Kier alpha value is -2.40. The Morgan fingerprint density at radius 2 is 1.84 bits per heavy atom. The van der Waals surface area contributed by atoms with Gasteiger partial charge in [0.05, 0.1) is 6.10 Å². The molecule has 5 heteroatoms. The molecule has 130 valence electrons. The summed E-state index contributed by atoms with van der Waals surface area (Å²) in [6.07, 6.45) is 2.80. The van der Waals surface area contributed by atoms with Gasteiger partial charge in [-0.25, -0.2) is 0 Å². The molecular weight excluding hydrogens is 316 g/mol. The van der Waals surface area contributed by atoms with Crippen molar-refractivity contribution in [3.63, 3.8) is 0 Å². The molecule has 0 saturated heterocycles. The van der Waals surface area contributed by atoms with Crippen molar-refractivity contribution in [1.82, 2.24) is 5.32 Å². The van der Waals surface area contributed by atoms with Crippen molar-refractivity contribution in [2.24, 2.45) is 5.92 Å². The molecule has 5 nitrogen and oxygen atoms in total. The normalized spacial score (nSPS) is 18.0. The predicted octanol–water partition coefficient (Wildman–Crippen LogP) is 2.15. The largest absolute Gasteiger partial charge is 0.391 e. The first kappa shape index (κ1) is 16.1. The van der Waals surface area contributed by atoms with Gasteiger partial charge in [0.25, 0.3) is 0 Å². The zero-order valence-electron chi connectivity index (χ0n) is 14.2. The minimum atomic E-state index is -0.959. The van der Waals surface area contributed by atoms with E-state index >= 15 is 0 Å². The van der Waals surface area contributed by atoms with Crippen LogP contribution in [-0.4, -0.2) is 29.1 Å². The molecule has 0 aromatic heterocycles. The summed E-state index contributed by atoms with van der Waals surface area (Å²) in [6.45, 7) is 1.52. The summed E-state index contributed by atoms with van der Waals surface area (Å²) in [5, 5.41) is 17.8. The highest BCUT2D eigenvalue weighted by Gasteiger charge is 2.34. The van der Waals surface area contributed by atoms with Crippen LogP contribution in [0.5, 0.6) is 0 Å². The summed E-state index contributed by atoms with van der Waals surface area (Å²) in [6, 6.07) is 9.14. The molecule has 0 spiro atoms. The maximum absolute atomic E-state index is 12.7. The number of anilines is 1. The second-order valence-corrected chi connectivity index (χ2v) is 7.10. The number of rotatable bonds is 5. The van der Waals surface area contributed by atoms with Crippen molar-refractivity contribution in [3.8, 4) is 0 Å². The van der Waals surface area contributed by atoms with Gasteiger partial charge in [0, 0.05) is 17.0 Å². The van der Waals surface area contributed by atoms with Crippen LogP contribution in [0.3, 0.4) is 0 Å². The lowest BCUT2D eigenvalue weighted by Crippen LogP contribution is -2.50. The van der Waals surface area contributed by atoms with Gasteiger partial charge in [-0.3, -0.25) is 9.59 Å². The van der Waals surface area contributed by atoms with Crippen LogP contribution in [0.25, 0.3) is 10.8 Å². The Kier molecular flexibility index (Phi) is 3.96. The van der Waals surface area contributed by atoms with E-state index in [1.54, 1.807) is 0 Å². The molecule has 1 saturated carbocycles. The number of benzene rings is 2. The van der Waals surface area contributed by atoms with Gasteiger partial charge < -0.3 is 15.7 Å². The lowest BCUT2D eigenvalue weighted by atomic mass is 10.0. The summed E-state index contributed by atoms with van der Waals surface area (Å²) >= 11 is 0. The lowest BCUT2D eigenvalue weighted by Gasteiger charge is -2.21. The van der Waals surface area contributed by atoms with Crippen molar-refractivity contribution >= 4 is 28.3 Å². The molecule has 25 heavy (non-hydrogen) atoms. The van der Waals surface area contributed by atoms with E-state index in [1.807, 2.05) is 18.2 Å². The van der Waals surface area contributed by atoms with E-state index in [2.05, 4.69) is 22.8 Å². The Balaban J connectivity index is 1.59. The van der Waals surface area contributed by atoms with Crippen LogP contribution in [0.15, 0.2) is 30.3 Å². The zero-order valence-corrected chi connectivity index (χ0v) is 14.2. The van der Waals surface area contributed by atoms with Gasteiger partial charge in [-0.15, -0.1) is 0 Å². The van der Waals surface area contributed by atoms with E-state index < -0.39 is 12.1 Å². The SMILES string of the molecule is CC(O)C(NC(=O)C1CC1)C(=O)Nc1ccc2c3c(cccc13)CC2. The van der Waals surface area contributed by atoms with Crippen LogP contribution in [0.1, 0.15) is 30.9 Å². The van der Waals surface area contributed by atoms with Gasteiger partial charge in [-0.1, -0.05) is 24.3 Å². The third-order valence-corrected chi connectivity index (χ3v) is 5.15. The molecular formula is C20H22N2O3. The van der Waals surface area contributed by atoms with Crippen LogP contribution < -0.4 is 10.6 Å². The molecule has 2 aromatic rings. The Labute approximate surface area is 146 Å².